The molecule has 0 radical (unpaired) electrons. The van der Waals surface area contributed by atoms with Gasteiger partial charge in [-0.2, -0.15) is 5.26 Å². The summed E-state index contributed by atoms with van der Waals surface area (Å²) < 4.78 is 5.61. The molecule has 1 heterocycles. The first-order valence-corrected chi connectivity index (χ1v) is 9.22. The number of hydrogen-bond acceptors (Lipinski definition) is 5. The molecule has 0 aliphatic carbocycles. The Kier molecular flexibility index (Phi) is 5.87. The Balaban J connectivity index is 1.92. The summed E-state index contributed by atoms with van der Waals surface area (Å²) in [5, 5.41) is 13.4. The molecular formula is C22H24N4O. The van der Waals surface area contributed by atoms with Crippen molar-refractivity contribution in [2.75, 3.05) is 11.9 Å². The molecule has 5 heteroatoms. The lowest BCUT2D eigenvalue weighted by Gasteiger charge is -2.12. The van der Waals surface area contributed by atoms with Crippen LogP contribution in [0.15, 0.2) is 48.8 Å². The highest BCUT2D eigenvalue weighted by Gasteiger charge is 2.08. The lowest BCUT2D eigenvalue weighted by molar-refractivity contribution is 0.276. The summed E-state index contributed by atoms with van der Waals surface area (Å²) in [4.78, 5) is 8.80. The van der Waals surface area contributed by atoms with Gasteiger partial charge in [-0.25, -0.2) is 9.97 Å². The van der Waals surface area contributed by atoms with Crippen molar-refractivity contribution >= 4 is 16.7 Å². The number of nitrogens with one attached hydrogen (secondary N) is 1. The molecule has 1 aromatic heterocycles. The van der Waals surface area contributed by atoms with Gasteiger partial charge >= 0.3 is 0 Å². The maximum atomic E-state index is 8.94. The van der Waals surface area contributed by atoms with Crippen molar-refractivity contribution in [1.29, 1.82) is 5.26 Å². The van der Waals surface area contributed by atoms with Crippen molar-refractivity contribution in [2.45, 2.75) is 33.3 Å². The molecule has 3 aromatic rings. The number of hydrogen-bond donors (Lipinski definition) is 1. The third kappa shape index (κ3) is 4.73. The summed E-state index contributed by atoms with van der Waals surface area (Å²) >= 11 is 0. The van der Waals surface area contributed by atoms with Crippen LogP contribution in [-0.2, 0) is 0 Å². The minimum Gasteiger partial charge on any atom is -0.476 e. The smallest absolute Gasteiger partial charge is 0.181 e. The molecule has 0 saturated carbocycles. The summed E-state index contributed by atoms with van der Waals surface area (Å²) in [6.45, 7) is 7.03. The van der Waals surface area contributed by atoms with Gasteiger partial charge < -0.3 is 10.1 Å². The maximum absolute atomic E-state index is 8.94. The standard InChI is InChI=1S/C22H24N4O/c1-15(2)9-10-24-22-20-12-18(7-8-21(20)25-14-26-22)17-5-4-6-19(11-17)27-16(3)13-23/h4-8,11-12,14-16H,9-10H2,1-3H3,(H,24,25,26). The fourth-order valence-corrected chi connectivity index (χ4v) is 2.84. The summed E-state index contributed by atoms with van der Waals surface area (Å²) in [6.07, 6.45) is 2.20. The van der Waals surface area contributed by atoms with Gasteiger partial charge in [-0.3, -0.25) is 0 Å². The van der Waals surface area contributed by atoms with Crippen LogP contribution in [0.4, 0.5) is 5.82 Å². The molecule has 2 aromatic carbocycles. The number of anilines is 1. The third-order valence-corrected chi connectivity index (χ3v) is 4.31. The van der Waals surface area contributed by atoms with E-state index < -0.39 is 6.10 Å². The van der Waals surface area contributed by atoms with Crippen molar-refractivity contribution in [1.82, 2.24) is 9.97 Å². The second kappa shape index (κ2) is 8.50. The van der Waals surface area contributed by atoms with Crippen molar-refractivity contribution in [3.8, 4) is 22.9 Å². The van der Waals surface area contributed by atoms with Gasteiger partial charge in [0, 0.05) is 11.9 Å². The first-order valence-electron chi connectivity index (χ1n) is 9.22. The second-order valence-corrected chi connectivity index (χ2v) is 6.98. The summed E-state index contributed by atoms with van der Waals surface area (Å²) in [7, 11) is 0. The van der Waals surface area contributed by atoms with Crippen LogP contribution >= 0.6 is 0 Å². The van der Waals surface area contributed by atoms with Gasteiger partial charge in [0.2, 0.25) is 0 Å². The molecule has 0 amide bonds. The Morgan fingerprint density at radius 1 is 1.07 bits per heavy atom. The van der Waals surface area contributed by atoms with E-state index in [4.69, 9.17) is 10.00 Å². The van der Waals surface area contributed by atoms with E-state index in [0.717, 1.165) is 40.8 Å². The highest BCUT2D eigenvalue weighted by molar-refractivity contribution is 5.92. The first-order chi connectivity index (χ1) is 13.1. The minimum absolute atomic E-state index is 0.484. The average Bonchev–Trinajstić information content (AvgIpc) is 2.67. The number of nitriles is 1. The Morgan fingerprint density at radius 3 is 2.67 bits per heavy atom. The van der Waals surface area contributed by atoms with Crippen LogP contribution < -0.4 is 10.1 Å². The molecule has 0 bridgehead atoms. The van der Waals surface area contributed by atoms with Gasteiger partial charge in [0.05, 0.1) is 5.52 Å². The largest absolute Gasteiger partial charge is 0.476 e. The van der Waals surface area contributed by atoms with Crippen LogP contribution in [0.25, 0.3) is 22.0 Å². The van der Waals surface area contributed by atoms with Crippen molar-refractivity contribution in [2.24, 2.45) is 5.92 Å². The van der Waals surface area contributed by atoms with Gasteiger partial charge in [0.25, 0.3) is 0 Å². The molecule has 5 nitrogen and oxygen atoms in total. The number of aromatic nitrogens is 2. The minimum atomic E-state index is -0.484. The molecule has 1 unspecified atom stereocenters. The SMILES string of the molecule is CC(C)CCNc1ncnc2ccc(-c3cccc(OC(C)C#N)c3)cc12. The summed E-state index contributed by atoms with van der Waals surface area (Å²) in [5.74, 6) is 2.17. The third-order valence-electron chi connectivity index (χ3n) is 4.31. The van der Waals surface area contributed by atoms with E-state index in [1.807, 2.05) is 36.4 Å². The Labute approximate surface area is 160 Å². The number of fused-ring (bicyclic) bond motifs is 1. The van der Waals surface area contributed by atoms with Crippen LogP contribution in [0, 0.1) is 17.2 Å². The average molecular weight is 360 g/mol. The topological polar surface area (TPSA) is 70.8 Å². The van der Waals surface area contributed by atoms with Crippen LogP contribution in [0.1, 0.15) is 27.2 Å². The number of ether oxygens (including phenoxy) is 1. The van der Waals surface area contributed by atoms with E-state index in [9.17, 15) is 0 Å². The molecule has 3 rings (SSSR count). The van der Waals surface area contributed by atoms with Crippen LogP contribution in [0.3, 0.4) is 0 Å². The number of rotatable bonds is 7. The van der Waals surface area contributed by atoms with E-state index >= 15 is 0 Å². The van der Waals surface area contributed by atoms with E-state index in [1.165, 1.54) is 0 Å². The van der Waals surface area contributed by atoms with Gasteiger partial charge in [-0.15, -0.1) is 0 Å². The highest BCUT2D eigenvalue weighted by Crippen LogP contribution is 2.29. The van der Waals surface area contributed by atoms with Crippen LogP contribution in [0.5, 0.6) is 5.75 Å². The molecular weight excluding hydrogens is 336 g/mol. The van der Waals surface area contributed by atoms with Gasteiger partial charge in [0.1, 0.15) is 24.0 Å². The molecule has 1 N–H and O–H groups in total. The second-order valence-electron chi connectivity index (χ2n) is 6.98. The Morgan fingerprint density at radius 2 is 1.89 bits per heavy atom. The van der Waals surface area contributed by atoms with Crippen molar-refractivity contribution in [3.63, 3.8) is 0 Å². The maximum Gasteiger partial charge on any atom is 0.181 e. The zero-order valence-corrected chi connectivity index (χ0v) is 15.9. The Bertz CT molecular complexity index is 962. The zero-order chi connectivity index (χ0) is 19.2. The van der Waals surface area contributed by atoms with E-state index in [0.29, 0.717) is 11.7 Å². The predicted molar refractivity (Wildman–Crippen MR) is 109 cm³/mol. The van der Waals surface area contributed by atoms with Crippen molar-refractivity contribution < 1.29 is 4.74 Å². The quantitative estimate of drug-likeness (QED) is 0.639. The van der Waals surface area contributed by atoms with Crippen LogP contribution in [-0.4, -0.2) is 22.6 Å². The number of nitrogens with zero attached hydrogens (tertiary/aromatic N) is 3. The molecule has 0 saturated heterocycles. The molecule has 0 aliphatic rings. The van der Waals surface area contributed by atoms with Gasteiger partial charge in [-0.05, 0) is 54.7 Å². The summed E-state index contributed by atoms with van der Waals surface area (Å²) in [6, 6.07) is 16.0. The normalized spacial score (nSPS) is 12.0. The van der Waals surface area contributed by atoms with E-state index in [2.05, 4.69) is 41.3 Å². The molecule has 1 atom stereocenters. The Hall–Kier alpha value is -3.13. The van der Waals surface area contributed by atoms with Gasteiger partial charge in [0.15, 0.2) is 6.10 Å². The first kappa shape index (κ1) is 18.7. The molecule has 0 spiro atoms. The lowest BCUT2D eigenvalue weighted by atomic mass is 10.0. The molecule has 0 fully saturated rings. The van der Waals surface area contributed by atoms with Gasteiger partial charge in [-0.1, -0.05) is 32.0 Å². The molecule has 27 heavy (non-hydrogen) atoms. The lowest BCUT2D eigenvalue weighted by Crippen LogP contribution is -2.08. The summed E-state index contributed by atoms with van der Waals surface area (Å²) in [5.41, 5.74) is 2.99. The molecule has 138 valence electrons. The predicted octanol–water partition coefficient (Wildman–Crippen LogP) is 5.05. The fourth-order valence-electron chi connectivity index (χ4n) is 2.84. The van der Waals surface area contributed by atoms with Crippen LogP contribution in [0.2, 0.25) is 0 Å². The monoisotopic (exact) mass is 360 g/mol. The van der Waals surface area contributed by atoms with E-state index in [-0.39, 0.29) is 0 Å². The zero-order valence-electron chi connectivity index (χ0n) is 15.9. The van der Waals surface area contributed by atoms with Crippen molar-refractivity contribution in [3.05, 3.63) is 48.8 Å². The highest BCUT2D eigenvalue weighted by atomic mass is 16.5. The molecule has 0 aliphatic heterocycles. The van der Waals surface area contributed by atoms with E-state index in [1.54, 1.807) is 13.3 Å². The number of benzene rings is 2. The fraction of sp³-hybridized carbons (Fsp3) is 0.318.